The van der Waals surface area contributed by atoms with Gasteiger partial charge in [-0.2, -0.15) is 0 Å². The summed E-state index contributed by atoms with van der Waals surface area (Å²) in [5, 5.41) is 5.58. The van der Waals surface area contributed by atoms with Gasteiger partial charge in [-0.15, -0.1) is 0 Å². The van der Waals surface area contributed by atoms with Gasteiger partial charge in [-0.1, -0.05) is 36.4 Å². The number of ether oxygens (including phenoxy) is 2. The van der Waals surface area contributed by atoms with Gasteiger partial charge in [0.2, 0.25) is 5.91 Å². The number of methoxy groups -OCH3 is 2. The fourth-order valence-corrected chi connectivity index (χ4v) is 5.23. The average Bonchev–Trinajstić information content (AvgIpc) is 2.87. The molecule has 0 spiro atoms. The first-order valence-electron chi connectivity index (χ1n) is 12.3. The number of fused-ring (bicyclic) bond motifs is 1. The van der Waals surface area contributed by atoms with E-state index in [0.717, 1.165) is 32.5 Å². The summed E-state index contributed by atoms with van der Waals surface area (Å²) in [6, 6.07) is 21.2. The Hall–Kier alpha value is -3.09. The van der Waals surface area contributed by atoms with Crippen LogP contribution in [0.2, 0.25) is 0 Å². The second kappa shape index (κ2) is 11.6. The van der Waals surface area contributed by atoms with E-state index < -0.39 is 0 Å². The third kappa shape index (κ3) is 6.32. The van der Waals surface area contributed by atoms with E-state index >= 15 is 0 Å². The highest BCUT2D eigenvalue weighted by molar-refractivity contribution is 5.92. The number of piperidine rings is 1. The van der Waals surface area contributed by atoms with Crippen LogP contribution in [0.3, 0.4) is 0 Å². The SMILES string of the molecule is COc1ccc(NC(=O)CC[C@H]2CN(Cc3ccc4ccccc4c3)CC[C@H]2N(C)C)c(OC)c1. The van der Waals surface area contributed by atoms with Crippen LogP contribution >= 0.6 is 0 Å². The molecule has 0 unspecified atom stereocenters. The molecule has 0 aromatic heterocycles. The molecule has 1 N–H and O–H groups in total. The maximum atomic E-state index is 12.8. The third-order valence-corrected chi connectivity index (χ3v) is 7.09. The fourth-order valence-electron chi connectivity index (χ4n) is 5.23. The molecular weight excluding hydrogens is 438 g/mol. The van der Waals surface area contributed by atoms with Crippen molar-refractivity contribution in [3.05, 3.63) is 66.2 Å². The van der Waals surface area contributed by atoms with Crippen LogP contribution in [0.1, 0.15) is 24.8 Å². The van der Waals surface area contributed by atoms with Gasteiger partial charge in [-0.25, -0.2) is 0 Å². The number of anilines is 1. The summed E-state index contributed by atoms with van der Waals surface area (Å²) in [6.07, 6.45) is 2.44. The number of hydrogen-bond acceptors (Lipinski definition) is 5. The van der Waals surface area contributed by atoms with Crippen molar-refractivity contribution < 1.29 is 14.3 Å². The van der Waals surface area contributed by atoms with Crippen molar-refractivity contribution in [2.45, 2.75) is 31.8 Å². The van der Waals surface area contributed by atoms with Crippen molar-refractivity contribution >= 4 is 22.4 Å². The normalized spacial score (nSPS) is 18.5. The summed E-state index contributed by atoms with van der Waals surface area (Å²) in [4.78, 5) is 17.7. The highest BCUT2D eigenvalue weighted by Gasteiger charge is 2.31. The maximum absolute atomic E-state index is 12.8. The lowest BCUT2D eigenvalue weighted by atomic mass is 9.87. The van der Waals surface area contributed by atoms with Gasteiger partial charge in [0.15, 0.2) is 0 Å². The second-order valence-electron chi connectivity index (χ2n) is 9.65. The molecule has 1 amide bonds. The van der Waals surface area contributed by atoms with Crippen LogP contribution in [0.4, 0.5) is 5.69 Å². The fraction of sp³-hybridized carbons (Fsp3) is 0.414. The minimum absolute atomic E-state index is 0.0117. The van der Waals surface area contributed by atoms with E-state index in [4.69, 9.17) is 9.47 Å². The van der Waals surface area contributed by atoms with E-state index in [9.17, 15) is 4.79 Å². The van der Waals surface area contributed by atoms with Crippen LogP contribution in [0.25, 0.3) is 10.8 Å². The molecule has 2 atom stereocenters. The number of nitrogens with zero attached hydrogens (tertiary/aromatic N) is 2. The molecule has 1 saturated heterocycles. The Kier molecular flexibility index (Phi) is 8.26. The second-order valence-corrected chi connectivity index (χ2v) is 9.65. The first-order valence-corrected chi connectivity index (χ1v) is 12.3. The number of amides is 1. The zero-order valence-corrected chi connectivity index (χ0v) is 21.3. The largest absolute Gasteiger partial charge is 0.497 e. The molecule has 0 radical (unpaired) electrons. The molecule has 35 heavy (non-hydrogen) atoms. The molecule has 1 heterocycles. The minimum atomic E-state index is 0.0117. The molecule has 1 aliphatic heterocycles. The van der Waals surface area contributed by atoms with Crippen molar-refractivity contribution in [1.82, 2.24) is 9.80 Å². The van der Waals surface area contributed by atoms with Crippen LogP contribution in [-0.4, -0.2) is 63.2 Å². The van der Waals surface area contributed by atoms with Crippen molar-refractivity contribution in [1.29, 1.82) is 0 Å². The highest BCUT2D eigenvalue weighted by atomic mass is 16.5. The van der Waals surface area contributed by atoms with Crippen LogP contribution in [0, 0.1) is 5.92 Å². The summed E-state index contributed by atoms with van der Waals surface area (Å²) < 4.78 is 10.7. The molecule has 4 rings (SSSR count). The van der Waals surface area contributed by atoms with Gasteiger partial charge < -0.3 is 19.7 Å². The number of hydrogen-bond donors (Lipinski definition) is 1. The summed E-state index contributed by atoms with van der Waals surface area (Å²) in [5.74, 6) is 1.74. The van der Waals surface area contributed by atoms with Gasteiger partial charge in [0.25, 0.3) is 0 Å². The van der Waals surface area contributed by atoms with Crippen LogP contribution < -0.4 is 14.8 Å². The Balaban J connectivity index is 1.37. The van der Waals surface area contributed by atoms with Gasteiger partial charge >= 0.3 is 0 Å². The van der Waals surface area contributed by atoms with Gasteiger partial charge in [0, 0.05) is 31.6 Å². The number of carbonyl (C=O) groups is 1. The lowest BCUT2D eigenvalue weighted by Gasteiger charge is -2.41. The van der Waals surface area contributed by atoms with Crippen molar-refractivity contribution in [3.63, 3.8) is 0 Å². The van der Waals surface area contributed by atoms with Crippen LogP contribution in [-0.2, 0) is 11.3 Å². The summed E-state index contributed by atoms with van der Waals surface area (Å²) in [7, 11) is 7.51. The van der Waals surface area contributed by atoms with Crippen LogP contribution in [0.15, 0.2) is 60.7 Å². The van der Waals surface area contributed by atoms with E-state index in [1.165, 1.54) is 16.3 Å². The average molecular weight is 476 g/mol. The smallest absolute Gasteiger partial charge is 0.224 e. The summed E-state index contributed by atoms with van der Waals surface area (Å²) in [5.41, 5.74) is 2.01. The number of carbonyl (C=O) groups excluding carboxylic acids is 1. The molecule has 0 bridgehead atoms. The molecule has 6 heteroatoms. The molecule has 3 aromatic carbocycles. The molecule has 0 aliphatic carbocycles. The standard InChI is InChI=1S/C29H37N3O3/c1-31(2)27-15-16-32(19-21-9-10-22-7-5-6-8-23(22)17-21)20-24(27)11-14-29(33)30-26-13-12-25(34-3)18-28(26)35-4/h5-10,12-13,17-18,24,27H,11,14-16,19-20H2,1-4H3,(H,30,33)/t24-,27+/m0/s1. The quantitative estimate of drug-likeness (QED) is 0.471. The Labute approximate surface area is 208 Å². The van der Waals surface area contributed by atoms with Gasteiger partial charge in [0.1, 0.15) is 11.5 Å². The van der Waals surface area contributed by atoms with Crippen LogP contribution in [0.5, 0.6) is 11.5 Å². The lowest BCUT2D eigenvalue weighted by Crippen LogP contribution is -2.48. The Morgan fingerprint density at radius 2 is 1.83 bits per heavy atom. The van der Waals surface area contributed by atoms with Gasteiger partial charge in [-0.05, 0) is 73.9 Å². The first kappa shape index (κ1) is 25.0. The number of benzene rings is 3. The molecular formula is C29H37N3O3. The predicted octanol–water partition coefficient (Wildman–Crippen LogP) is 5.03. The molecule has 6 nitrogen and oxygen atoms in total. The Morgan fingerprint density at radius 1 is 1.03 bits per heavy atom. The van der Waals surface area contributed by atoms with Crippen molar-refractivity contribution in [3.8, 4) is 11.5 Å². The topological polar surface area (TPSA) is 54.0 Å². The van der Waals surface area contributed by atoms with E-state index in [-0.39, 0.29) is 5.91 Å². The first-order chi connectivity index (χ1) is 17.0. The monoisotopic (exact) mass is 475 g/mol. The van der Waals surface area contributed by atoms with E-state index in [2.05, 4.69) is 71.7 Å². The lowest BCUT2D eigenvalue weighted by molar-refractivity contribution is -0.116. The predicted molar refractivity (Wildman–Crippen MR) is 142 cm³/mol. The van der Waals surface area contributed by atoms with Gasteiger partial charge in [0.05, 0.1) is 19.9 Å². The minimum Gasteiger partial charge on any atom is -0.497 e. The van der Waals surface area contributed by atoms with Crippen molar-refractivity contribution in [2.24, 2.45) is 5.92 Å². The van der Waals surface area contributed by atoms with E-state index in [1.54, 1.807) is 20.3 Å². The third-order valence-electron chi connectivity index (χ3n) is 7.09. The summed E-state index contributed by atoms with van der Waals surface area (Å²) >= 11 is 0. The zero-order chi connectivity index (χ0) is 24.8. The number of likely N-dealkylation sites (tertiary alicyclic amines) is 1. The van der Waals surface area contributed by atoms with E-state index in [0.29, 0.717) is 35.6 Å². The number of nitrogens with one attached hydrogen (secondary N) is 1. The maximum Gasteiger partial charge on any atom is 0.224 e. The summed E-state index contributed by atoms with van der Waals surface area (Å²) in [6.45, 7) is 3.01. The highest BCUT2D eigenvalue weighted by Crippen LogP contribution is 2.30. The Morgan fingerprint density at radius 3 is 2.57 bits per heavy atom. The molecule has 1 fully saturated rings. The molecule has 186 valence electrons. The van der Waals surface area contributed by atoms with Gasteiger partial charge in [-0.3, -0.25) is 9.69 Å². The molecule has 0 saturated carbocycles. The molecule has 1 aliphatic rings. The molecule has 3 aromatic rings. The van der Waals surface area contributed by atoms with E-state index in [1.807, 2.05) is 12.1 Å². The van der Waals surface area contributed by atoms with Crippen molar-refractivity contribution in [2.75, 3.05) is 46.7 Å². The zero-order valence-electron chi connectivity index (χ0n) is 21.3. The Bertz CT molecular complexity index is 1150. The number of rotatable bonds is 9.